The Morgan fingerprint density at radius 1 is 0.254 bits per heavy atom. The zero-order chi connectivity index (χ0) is 81.8. The van der Waals surface area contributed by atoms with Crippen LogP contribution in [0.3, 0.4) is 0 Å². The van der Waals surface area contributed by atoms with Crippen LogP contribution in [0, 0.1) is 0 Å². The number of hydrogen-bond acceptors (Lipinski definition) is 4. The van der Waals surface area contributed by atoms with E-state index in [4.69, 9.17) is 8.83 Å². The third kappa shape index (κ3) is 10.5. The fourth-order valence-corrected chi connectivity index (χ4v) is 22.3. The highest BCUT2D eigenvalue weighted by Crippen LogP contribution is 2.60. The molecule has 122 heavy (non-hydrogen) atoms. The summed E-state index contributed by atoms with van der Waals surface area (Å²) < 4.78 is 13.8. The lowest BCUT2D eigenvalue weighted by Crippen LogP contribution is -2.17. The number of nitrogens with zero attached hydrogens (tertiary/aromatic N) is 2. The normalized spacial score (nSPS) is 15.0. The van der Waals surface area contributed by atoms with Gasteiger partial charge in [-0.2, -0.15) is 0 Å². The molecule has 5 aliphatic rings. The van der Waals surface area contributed by atoms with Crippen molar-refractivity contribution in [3.63, 3.8) is 0 Å². The number of hydrogen-bond donors (Lipinski definition) is 0. The summed E-state index contributed by atoms with van der Waals surface area (Å²) in [4.78, 5) is 5.05. The molecular weight excluding hydrogens is 1480 g/mol. The van der Waals surface area contributed by atoms with Gasteiger partial charge >= 0.3 is 0 Å². The summed E-state index contributed by atoms with van der Waals surface area (Å²) in [7, 11) is 0. The molecular formula is C118H88N2O2. The van der Waals surface area contributed by atoms with E-state index in [2.05, 4.69) is 423 Å². The van der Waals surface area contributed by atoms with Crippen molar-refractivity contribution in [1.29, 1.82) is 0 Å². The van der Waals surface area contributed by atoms with E-state index in [-0.39, 0.29) is 21.7 Å². The van der Waals surface area contributed by atoms with E-state index in [1.807, 2.05) is 6.07 Å². The van der Waals surface area contributed by atoms with Gasteiger partial charge in [-0.1, -0.05) is 322 Å². The second-order valence-corrected chi connectivity index (χ2v) is 36.4. The zero-order valence-electron chi connectivity index (χ0n) is 69.8. The molecule has 0 saturated carbocycles. The van der Waals surface area contributed by atoms with Gasteiger partial charge in [-0.05, 0) is 249 Å². The van der Waals surface area contributed by atoms with Crippen LogP contribution in [0.1, 0.15) is 113 Å². The predicted octanol–water partition coefficient (Wildman–Crippen LogP) is 32.9. The molecule has 0 spiro atoms. The van der Waals surface area contributed by atoms with Crippen LogP contribution in [-0.4, -0.2) is 0 Å². The topological polar surface area (TPSA) is 32.8 Å². The smallest absolute Gasteiger partial charge is 0.143 e. The van der Waals surface area contributed by atoms with Crippen molar-refractivity contribution in [3.8, 4) is 100 Å². The maximum absolute atomic E-state index is 7.19. The third-order valence-corrected chi connectivity index (χ3v) is 28.4. The Hall–Kier alpha value is -14.3. The van der Waals surface area contributed by atoms with E-state index in [0.717, 1.165) is 152 Å². The average Bonchev–Trinajstić information content (AvgIpc) is 1.56. The van der Waals surface area contributed by atoms with Crippen LogP contribution in [0.15, 0.2) is 378 Å². The number of furan rings is 2. The number of fused-ring (bicyclic) bond motifs is 19. The summed E-state index contributed by atoms with van der Waals surface area (Å²) in [5, 5.41) is 6.64. The molecule has 4 nitrogen and oxygen atoms in total. The SMILES string of the molecule is CC1(C)C2=C(CCC=C2)c2c(-c3ccccc3N(c3ccc(-c4cccc5oc6c7cc(-c8ccc9c(c8)-c8cc(-c%10ccccc%10N(c%10ccccc%10-c%10ccc%11c(c%10)oc%10ccccc%10%11)c%10ccccc%10-c%10cccc%11c%10-c%10ccccc%10C%11(C)C)ccc8C9(C)C)ccc7ccc6c45)cc3)c3ccc4c(c3)C(C)(C)c3ccccc3-4)cccc21. The number of benzene rings is 17. The van der Waals surface area contributed by atoms with E-state index in [1.54, 1.807) is 0 Å². The molecule has 0 bridgehead atoms. The van der Waals surface area contributed by atoms with Gasteiger partial charge in [-0.3, -0.25) is 0 Å². The molecule has 4 heteroatoms. The molecule has 0 fully saturated rings. The molecule has 0 atom stereocenters. The van der Waals surface area contributed by atoms with Gasteiger partial charge < -0.3 is 18.6 Å². The highest BCUT2D eigenvalue weighted by atomic mass is 16.3. The molecule has 582 valence electrons. The molecule has 5 aliphatic carbocycles. The van der Waals surface area contributed by atoms with Gasteiger partial charge in [0.25, 0.3) is 0 Å². The lowest BCUT2D eigenvalue weighted by atomic mass is 9.80. The molecule has 2 aromatic heterocycles. The van der Waals surface area contributed by atoms with Crippen molar-refractivity contribution in [2.75, 3.05) is 9.80 Å². The summed E-state index contributed by atoms with van der Waals surface area (Å²) in [5.41, 5.74) is 44.7. The van der Waals surface area contributed by atoms with E-state index in [0.29, 0.717) is 0 Å². The molecule has 0 aliphatic heterocycles. The molecule has 0 unspecified atom stereocenters. The van der Waals surface area contributed by atoms with Crippen molar-refractivity contribution in [1.82, 2.24) is 0 Å². The van der Waals surface area contributed by atoms with Crippen molar-refractivity contribution >= 4 is 94.3 Å². The largest absolute Gasteiger partial charge is 0.456 e. The van der Waals surface area contributed by atoms with Crippen molar-refractivity contribution in [2.24, 2.45) is 0 Å². The van der Waals surface area contributed by atoms with Crippen molar-refractivity contribution in [2.45, 2.75) is 89.9 Å². The van der Waals surface area contributed by atoms with E-state index >= 15 is 0 Å². The Bertz CT molecular complexity index is 7770. The molecule has 0 saturated heterocycles. The van der Waals surface area contributed by atoms with Crippen LogP contribution in [-0.2, 0) is 21.7 Å². The van der Waals surface area contributed by atoms with E-state index in [9.17, 15) is 0 Å². The van der Waals surface area contributed by atoms with Crippen LogP contribution in [0.25, 0.3) is 160 Å². The van der Waals surface area contributed by atoms with Crippen molar-refractivity contribution in [3.05, 3.63) is 414 Å². The summed E-state index contributed by atoms with van der Waals surface area (Å²) in [6.45, 7) is 19.1. The maximum atomic E-state index is 7.19. The second kappa shape index (κ2) is 26.6. The summed E-state index contributed by atoms with van der Waals surface area (Å²) >= 11 is 0. The number of allylic oxidation sites excluding steroid dienone is 4. The highest BCUT2D eigenvalue weighted by molar-refractivity contribution is 6.20. The first kappa shape index (κ1) is 71.8. The van der Waals surface area contributed by atoms with Gasteiger partial charge in [0, 0.05) is 82.2 Å². The number of rotatable bonds is 12. The number of anilines is 6. The fourth-order valence-electron chi connectivity index (χ4n) is 22.3. The third-order valence-electron chi connectivity index (χ3n) is 28.4. The zero-order valence-corrected chi connectivity index (χ0v) is 69.8. The first-order valence-electron chi connectivity index (χ1n) is 43.2. The minimum absolute atomic E-state index is 0.0911. The van der Waals surface area contributed by atoms with Crippen molar-refractivity contribution < 1.29 is 8.83 Å². The molecule has 19 aromatic rings. The lowest BCUT2D eigenvalue weighted by Gasteiger charge is -2.32. The molecule has 0 N–H and O–H groups in total. The molecule has 2 heterocycles. The minimum atomic E-state index is -0.259. The Labute approximate surface area is 712 Å². The molecule has 24 rings (SSSR count). The summed E-state index contributed by atoms with van der Waals surface area (Å²) in [5.74, 6) is 0. The Morgan fingerprint density at radius 2 is 0.713 bits per heavy atom. The van der Waals surface area contributed by atoms with Crippen LogP contribution < -0.4 is 9.80 Å². The van der Waals surface area contributed by atoms with Gasteiger partial charge in [-0.25, -0.2) is 0 Å². The summed E-state index contributed by atoms with van der Waals surface area (Å²) in [6.07, 6.45) is 6.86. The van der Waals surface area contributed by atoms with E-state index < -0.39 is 0 Å². The van der Waals surface area contributed by atoms with Crippen LogP contribution in [0.5, 0.6) is 0 Å². The monoisotopic (exact) mass is 1560 g/mol. The number of para-hydroxylation sites is 5. The van der Waals surface area contributed by atoms with Crippen LogP contribution >= 0.6 is 0 Å². The van der Waals surface area contributed by atoms with E-state index in [1.165, 1.54) is 106 Å². The summed E-state index contributed by atoms with van der Waals surface area (Å²) in [6, 6.07) is 132. The minimum Gasteiger partial charge on any atom is -0.456 e. The van der Waals surface area contributed by atoms with Gasteiger partial charge in [0.1, 0.15) is 22.3 Å². The molecule has 0 radical (unpaired) electrons. The fraction of sp³-hybridized carbons (Fsp3) is 0.119. The Kier molecular flexibility index (Phi) is 15.6. The van der Waals surface area contributed by atoms with Crippen LogP contribution in [0.2, 0.25) is 0 Å². The van der Waals surface area contributed by atoms with Crippen LogP contribution in [0.4, 0.5) is 34.1 Å². The van der Waals surface area contributed by atoms with Gasteiger partial charge in [-0.15, -0.1) is 0 Å². The first-order valence-corrected chi connectivity index (χ1v) is 43.2. The highest BCUT2D eigenvalue weighted by Gasteiger charge is 2.43. The van der Waals surface area contributed by atoms with Gasteiger partial charge in [0.05, 0.1) is 22.7 Å². The average molecular weight is 1570 g/mol. The van der Waals surface area contributed by atoms with Gasteiger partial charge in [0.15, 0.2) is 0 Å². The standard InChI is InChI=1S/C118H88N2O2/c1-115(2)99-64-56-74(67-94(99)95-68-75(57-65-100(95)115)79-28-12-20-44-104(79)120(105-45-21-13-29-80(105)76-55-61-87-86-33-16-24-48-108(86)121-110(87)69-76)107-47-23-15-32-85(107)89-38-26-43-102-112(89)91-35-11-19-41-98(91)117(102,5)6)73-51-50-72-54-62-92-113-81(36-27-49-109(113)122-114(92)93(72)66-73)71-52-58-77(59-53-71)119(78-60-63-83-82-30-9-17-39-96(82)118(7,8)103(83)70-78)106-46-22-14-31-84(106)88-37-25-42-101-111(88)90-34-10-18-40-97(90)116(101,3)4/h9,11-33,35-70H,10,34H2,1-8H3. The quantitative estimate of drug-likeness (QED) is 0.122. The Balaban J connectivity index is 0.606. The second-order valence-electron chi connectivity index (χ2n) is 36.4. The Morgan fingerprint density at radius 3 is 1.43 bits per heavy atom. The lowest BCUT2D eigenvalue weighted by molar-refractivity contribution is 0.651. The maximum Gasteiger partial charge on any atom is 0.143 e. The first-order chi connectivity index (χ1) is 59.5. The van der Waals surface area contributed by atoms with Gasteiger partial charge in [0.2, 0.25) is 0 Å². The predicted molar refractivity (Wildman–Crippen MR) is 511 cm³/mol. The molecule has 17 aromatic carbocycles. The molecule has 0 amide bonds.